The van der Waals surface area contributed by atoms with E-state index in [9.17, 15) is 24.2 Å². The van der Waals surface area contributed by atoms with Crippen molar-refractivity contribution in [1.82, 2.24) is 5.32 Å². The van der Waals surface area contributed by atoms with E-state index in [0.29, 0.717) is 6.42 Å². The fourth-order valence-corrected chi connectivity index (χ4v) is 8.84. The van der Waals surface area contributed by atoms with Crippen LogP contribution < -0.4 is 5.32 Å². The third kappa shape index (κ3) is 51.6. The fraction of sp³-hybridized carbons (Fsp3) is 0.925. The molecule has 0 aliphatic heterocycles. The maximum absolute atomic E-state index is 12.2. The van der Waals surface area contributed by atoms with Crippen molar-refractivity contribution in [3.63, 3.8) is 0 Å². The molecule has 63 heavy (non-hydrogen) atoms. The van der Waals surface area contributed by atoms with Gasteiger partial charge in [-0.3, -0.25) is 18.6 Å². The van der Waals surface area contributed by atoms with E-state index in [1.165, 1.54) is 218 Å². The summed E-state index contributed by atoms with van der Waals surface area (Å²) in [5, 5.41) is 12.8. The first-order valence-electron chi connectivity index (χ1n) is 27.2. The average molecular weight is 914 g/mol. The summed E-state index contributed by atoms with van der Waals surface area (Å²) in [6.45, 7) is 3.61. The Morgan fingerprint density at radius 1 is 0.476 bits per heavy atom. The largest absolute Gasteiger partial charge is 0.472 e. The van der Waals surface area contributed by atoms with Crippen LogP contribution in [0.4, 0.5) is 0 Å². The number of amides is 1. The number of hydrogen-bond acceptors (Lipinski definition) is 7. The van der Waals surface area contributed by atoms with Gasteiger partial charge in [0.1, 0.15) is 12.7 Å². The van der Waals surface area contributed by atoms with Crippen molar-refractivity contribution >= 4 is 19.7 Å². The zero-order valence-electron chi connectivity index (χ0n) is 41.6. The van der Waals surface area contributed by atoms with Gasteiger partial charge in [-0.25, -0.2) is 4.57 Å². The number of allylic oxidation sites excluding steroid dienone is 2. The molecule has 0 radical (unpaired) electrons. The summed E-state index contributed by atoms with van der Waals surface area (Å²) in [6.07, 6.45) is 55.9. The van der Waals surface area contributed by atoms with E-state index < -0.39 is 26.5 Å². The molecule has 0 aromatic heterocycles. The summed E-state index contributed by atoms with van der Waals surface area (Å²) >= 11 is 0. The molecular weight excluding hydrogens is 810 g/mol. The Morgan fingerprint density at radius 2 is 0.810 bits per heavy atom. The Labute approximate surface area is 389 Å². The van der Waals surface area contributed by atoms with Gasteiger partial charge in [0.2, 0.25) is 5.91 Å². The first-order chi connectivity index (χ1) is 30.8. The topological polar surface area (TPSA) is 131 Å². The monoisotopic (exact) mass is 914 g/mol. The molecule has 0 heterocycles. The zero-order valence-corrected chi connectivity index (χ0v) is 42.4. The average Bonchev–Trinajstić information content (AvgIpc) is 3.27. The first kappa shape index (κ1) is 61.8. The molecular formula is C53H104NO8P. The van der Waals surface area contributed by atoms with E-state index >= 15 is 0 Å². The van der Waals surface area contributed by atoms with Crippen molar-refractivity contribution in [1.29, 1.82) is 0 Å². The van der Waals surface area contributed by atoms with Crippen molar-refractivity contribution in [3.8, 4) is 0 Å². The summed E-state index contributed by atoms with van der Waals surface area (Å²) in [5.74, 6) is -0.503. The maximum atomic E-state index is 12.2. The molecule has 0 aromatic rings. The molecule has 10 heteroatoms. The lowest BCUT2D eigenvalue weighted by molar-refractivity contribution is -0.147. The highest BCUT2D eigenvalue weighted by Crippen LogP contribution is 2.42. The molecule has 0 fully saturated rings. The Hall–Kier alpha value is -1.25. The molecule has 374 valence electrons. The number of ether oxygens (including phenoxy) is 1. The standard InChI is InChI=1S/C53H104NO8P/c1-3-5-7-9-11-13-15-17-19-21-23-24-25-26-28-29-31-33-35-37-39-41-43-45-52(56)54-47-48-61-63(58,59)62-50-51(55)49-60-53(57)46-44-42-40-38-36-34-32-30-27-22-20-18-16-14-12-10-8-6-4-2/h18,20,51,55H,3-17,19,21-50H2,1-2H3,(H,54,56)(H,58,59)/b20-18+. The van der Waals surface area contributed by atoms with Crippen LogP contribution in [0.15, 0.2) is 12.2 Å². The van der Waals surface area contributed by atoms with Crippen molar-refractivity contribution in [2.75, 3.05) is 26.4 Å². The Balaban J connectivity index is 3.50. The van der Waals surface area contributed by atoms with E-state index in [4.69, 9.17) is 13.8 Å². The van der Waals surface area contributed by atoms with Crippen molar-refractivity contribution in [2.24, 2.45) is 0 Å². The number of rotatable bonds is 52. The number of hydrogen-bond donors (Lipinski definition) is 3. The minimum Gasteiger partial charge on any atom is -0.463 e. The number of aliphatic hydroxyl groups excluding tert-OH is 1. The van der Waals surface area contributed by atoms with Crippen LogP contribution >= 0.6 is 7.82 Å². The summed E-state index contributed by atoms with van der Waals surface area (Å²) in [4.78, 5) is 34.1. The van der Waals surface area contributed by atoms with Gasteiger partial charge < -0.3 is 20.1 Å². The van der Waals surface area contributed by atoms with Crippen LogP contribution in [0.2, 0.25) is 0 Å². The van der Waals surface area contributed by atoms with Gasteiger partial charge in [0.15, 0.2) is 0 Å². The number of carbonyl (C=O) groups is 2. The van der Waals surface area contributed by atoms with Gasteiger partial charge in [0.05, 0.1) is 13.2 Å². The summed E-state index contributed by atoms with van der Waals surface area (Å²) < 4.78 is 27.0. The van der Waals surface area contributed by atoms with Crippen LogP contribution in [0.1, 0.15) is 284 Å². The minimum absolute atomic E-state index is 0.0871. The smallest absolute Gasteiger partial charge is 0.463 e. The second-order valence-corrected chi connectivity index (χ2v) is 20.0. The predicted molar refractivity (Wildman–Crippen MR) is 266 cm³/mol. The summed E-state index contributed by atoms with van der Waals surface area (Å²) in [6, 6.07) is 0. The molecule has 0 aliphatic rings. The summed E-state index contributed by atoms with van der Waals surface area (Å²) in [7, 11) is -4.42. The van der Waals surface area contributed by atoms with Gasteiger partial charge in [0, 0.05) is 19.4 Å². The van der Waals surface area contributed by atoms with E-state index in [2.05, 4.69) is 31.3 Å². The second kappa shape index (κ2) is 50.2. The quantitative estimate of drug-likeness (QED) is 0.0238. The van der Waals surface area contributed by atoms with Crippen LogP contribution in [-0.4, -0.2) is 54.3 Å². The molecule has 3 N–H and O–H groups in total. The van der Waals surface area contributed by atoms with Crippen LogP contribution in [0.5, 0.6) is 0 Å². The Bertz CT molecular complexity index is 1040. The lowest BCUT2D eigenvalue weighted by atomic mass is 10.0. The van der Waals surface area contributed by atoms with Crippen LogP contribution in [0.25, 0.3) is 0 Å². The van der Waals surface area contributed by atoms with Gasteiger partial charge in [-0.05, 0) is 38.5 Å². The molecule has 0 saturated carbocycles. The number of nitrogens with one attached hydrogen (secondary N) is 1. The SMILES string of the molecule is CCCCCCCC/C=C/CCCCCCCCCCCC(=O)OCC(O)COP(=O)(O)OCCNC(=O)CCCCCCCCCCCCCCCCCCCCCCCCC. The molecule has 2 atom stereocenters. The maximum Gasteiger partial charge on any atom is 0.472 e. The van der Waals surface area contributed by atoms with Crippen LogP contribution in [0.3, 0.4) is 0 Å². The lowest BCUT2D eigenvalue weighted by Crippen LogP contribution is -2.27. The number of aliphatic hydroxyl groups is 1. The third-order valence-corrected chi connectivity index (χ3v) is 13.2. The number of phosphoric ester groups is 1. The summed E-state index contributed by atoms with van der Waals surface area (Å²) in [5.41, 5.74) is 0. The van der Waals surface area contributed by atoms with Crippen molar-refractivity contribution < 1.29 is 37.9 Å². The van der Waals surface area contributed by atoms with Crippen molar-refractivity contribution in [3.05, 3.63) is 12.2 Å². The molecule has 1 amide bonds. The van der Waals surface area contributed by atoms with Gasteiger partial charge in [-0.1, -0.05) is 244 Å². The number of carbonyl (C=O) groups excluding carboxylic acids is 2. The highest BCUT2D eigenvalue weighted by molar-refractivity contribution is 7.47. The molecule has 2 unspecified atom stereocenters. The fourth-order valence-electron chi connectivity index (χ4n) is 8.09. The highest BCUT2D eigenvalue weighted by atomic mass is 31.2. The van der Waals surface area contributed by atoms with Crippen LogP contribution in [0, 0.1) is 0 Å². The van der Waals surface area contributed by atoms with Gasteiger partial charge in [-0.15, -0.1) is 0 Å². The van der Waals surface area contributed by atoms with E-state index in [0.717, 1.165) is 38.5 Å². The molecule has 9 nitrogen and oxygen atoms in total. The molecule has 0 rings (SSSR count). The van der Waals surface area contributed by atoms with Gasteiger partial charge in [0.25, 0.3) is 0 Å². The third-order valence-electron chi connectivity index (χ3n) is 12.2. The molecule has 0 spiro atoms. The molecule has 0 aliphatic carbocycles. The number of phosphoric acid groups is 1. The Kier molecular flexibility index (Phi) is 49.2. The second-order valence-electron chi connectivity index (χ2n) is 18.6. The lowest BCUT2D eigenvalue weighted by Gasteiger charge is -2.15. The van der Waals surface area contributed by atoms with E-state index in [-0.39, 0.29) is 32.1 Å². The Morgan fingerprint density at radius 3 is 1.19 bits per heavy atom. The molecule has 0 bridgehead atoms. The van der Waals surface area contributed by atoms with E-state index in [1.54, 1.807) is 0 Å². The van der Waals surface area contributed by atoms with Crippen LogP contribution in [-0.2, 0) is 27.9 Å². The predicted octanol–water partition coefficient (Wildman–Crippen LogP) is 16.1. The minimum atomic E-state index is -4.42. The van der Waals surface area contributed by atoms with Gasteiger partial charge in [-0.2, -0.15) is 0 Å². The van der Waals surface area contributed by atoms with E-state index in [1.807, 2.05) is 0 Å². The number of esters is 1. The number of unbranched alkanes of at least 4 members (excludes halogenated alkanes) is 37. The highest BCUT2D eigenvalue weighted by Gasteiger charge is 2.23. The first-order valence-corrected chi connectivity index (χ1v) is 28.7. The normalized spacial score (nSPS) is 13.1. The zero-order chi connectivity index (χ0) is 46.0. The van der Waals surface area contributed by atoms with Crippen molar-refractivity contribution in [2.45, 2.75) is 290 Å². The molecule has 0 saturated heterocycles. The van der Waals surface area contributed by atoms with Gasteiger partial charge >= 0.3 is 13.8 Å². The molecule has 0 aromatic carbocycles.